The number of nitrogens with one attached hydrogen (secondary N) is 1. The second kappa shape index (κ2) is 7.07. The lowest BCUT2D eigenvalue weighted by atomic mass is 10.1. The number of thioether (sulfide) groups is 1. The first-order chi connectivity index (χ1) is 7.97. The molecule has 0 saturated carbocycles. The van der Waals surface area contributed by atoms with Crippen LogP contribution in [0.15, 0.2) is 35.2 Å². The number of rotatable bonds is 6. The molecule has 0 spiro atoms. The molecule has 1 aromatic rings. The zero-order chi connectivity index (χ0) is 12.7. The Morgan fingerprint density at radius 3 is 2.41 bits per heavy atom. The molecule has 0 aliphatic carbocycles. The Kier molecular flexibility index (Phi) is 6.07. The van der Waals surface area contributed by atoms with Gasteiger partial charge in [0.05, 0.1) is 0 Å². The largest absolute Gasteiger partial charge is 0.312 e. The van der Waals surface area contributed by atoms with E-state index in [1.165, 1.54) is 17.1 Å². The molecule has 96 valence electrons. The first-order valence-corrected chi connectivity index (χ1v) is 7.39. The van der Waals surface area contributed by atoms with Crippen molar-refractivity contribution in [3.63, 3.8) is 0 Å². The number of hydrogen-bond acceptors (Lipinski definition) is 2. The summed E-state index contributed by atoms with van der Waals surface area (Å²) in [5.74, 6) is 1.95. The average Bonchev–Trinajstić information content (AvgIpc) is 2.27. The molecule has 0 aliphatic heterocycles. The molecule has 0 heterocycles. The average molecular weight is 251 g/mol. The van der Waals surface area contributed by atoms with Crippen molar-refractivity contribution in [2.24, 2.45) is 5.92 Å². The standard InChI is InChI=1S/C15H25NS/c1-13(12-16-15(2,3)4)10-11-17-14-8-6-5-7-9-14/h5-9,13,16H,10-12H2,1-4H3. The molecule has 1 N–H and O–H groups in total. The van der Waals surface area contributed by atoms with Crippen LogP contribution in [0.1, 0.15) is 34.1 Å². The van der Waals surface area contributed by atoms with Gasteiger partial charge in [0, 0.05) is 10.4 Å². The van der Waals surface area contributed by atoms with Gasteiger partial charge >= 0.3 is 0 Å². The van der Waals surface area contributed by atoms with Gasteiger partial charge < -0.3 is 5.32 Å². The van der Waals surface area contributed by atoms with Crippen LogP contribution >= 0.6 is 11.8 Å². The smallest absolute Gasteiger partial charge is 0.00966 e. The van der Waals surface area contributed by atoms with E-state index in [2.05, 4.69) is 63.3 Å². The lowest BCUT2D eigenvalue weighted by molar-refractivity contribution is 0.379. The number of benzene rings is 1. The Bertz CT molecular complexity index is 302. The van der Waals surface area contributed by atoms with Gasteiger partial charge in [-0.05, 0) is 57.5 Å². The van der Waals surface area contributed by atoms with Gasteiger partial charge in [-0.3, -0.25) is 0 Å². The highest BCUT2D eigenvalue weighted by molar-refractivity contribution is 7.99. The Balaban J connectivity index is 2.14. The minimum absolute atomic E-state index is 0.237. The van der Waals surface area contributed by atoms with E-state index in [1.807, 2.05) is 11.8 Å². The molecule has 0 bridgehead atoms. The fourth-order valence-electron chi connectivity index (χ4n) is 1.48. The van der Waals surface area contributed by atoms with Crippen molar-refractivity contribution in [2.45, 2.75) is 44.6 Å². The zero-order valence-corrected chi connectivity index (χ0v) is 12.3. The SMILES string of the molecule is CC(CCSc1ccccc1)CNC(C)(C)C. The van der Waals surface area contributed by atoms with Gasteiger partial charge in [-0.25, -0.2) is 0 Å². The maximum atomic E-state index is 3.56. The summed E-state index contributed by atoms with van der Waals surface area (Å²) in [7, 11) is 0. The Morgan fingerprint density at radius 2 is 1.82 bits per heavy atom. The fraction of sp³-hybridized carbons (Fsp3) is 0.600. The molecule has 1 aromatic carbocycles. The first-order valence-electron chi connectivity index (χ1n) is 6.40. The lowest BCUT2D eigenvalue weighted by Gasteiger charge is -2.23. The van der Waals surface area contributed by atoms with E-state index in [0.29, 0.717) is 0 Å². The van der Waals surface area contributed by atoms with E-state index in [1.54, 1.807) is 0 Å². The summed E-state index contributed by atoms with van der Waals surface area (Å²) in [4.78, 5) is 1.38. The van der Waals surface area contributed by atoms with Crippen molar-refractivity contribution < 1.29 is 0 Å². The molecule has 1 unspecified atom stereocenters. The predicted molar refractivity (Wildman–Crippen MR) is 78.7 cm³/mol. The summed E-state index contributed by atoms with van der Waals surface area (Å²) in [6.07, 6.45) is 1.27. The van der Waals surface area contributed by atoms with Gasteiger partial charge in [-0.1, -0.05) is 25.1 Å². The van der Waals surface area contributed by atoms with Crippen molar-refractivity contribution in [1.82, 2.24) is 5.32 Å². The molecule has 1 nitrogen and oxygen atoms in total. The summed E-state index contributed by atoms with van der Waals surface area (Å²) >= 11 is 1.95. The van der Waals surface area contributed by atoms with Crippen LogP contribution in [0.3, 0.4) is 0 Å². The lowest BCUT2D eigenvalue weighted by Crippen LogP contribution is -2.38. The summed E-state index contributed by atoms with van der Waals surface area (Å²) in [5.41, 5.74) is 0.237. The van der Waals surface area contributed by atoms with Crippen LogP contribution < -0.4 is 5.32 Å². The normalized spacial score (nSPS) is 13.6. The molecular formula is C15H25NS. The highest BCUT2D eigenvalue weighted by Crippen LogP contribution is 2.19. The highest BCUT2D eigenvalue weighted by atomic mass is 32.2. The van der Waals surface area contributed by atoms with Crippen LogP contribution in [0.25, 0.3) is 0 Å². The molecule has 0 aromatic heterocycles. The molecule has 1 rings (SSSR count). The molecule has 2 heteroatoms. The van der Waals surface area contributed by atoms with Crippen LogP contribution in [0.2, 0.25) is 0 Å². The van der Waals surface area contributed by atoms with Crippen LogP contribution in [0.4, 0.5) is 0 Å². The summed E-state index contributed by atoms with van der Waals surface area (Å²) in [6.45, 7) is 10.1. The van der Waals surface area contributed by atoms with Gasteiger partial charge in [-0.15, -0.1) is 11.8 Å². The minimum Gasteiger partial charge on any atom is -0.312 e. The molecular weight excluding hydrogens is 226 g/mol. The minimum atomic E-state index is 0.237. The van der Waals surface area contributed by atoms with Crippen LogP contribution in [0, 0.1) is 5.92 Å². The van der Waals surface area contributed by atoms with Gasteiger partial charge in [-0.2, -0.15) is 0 Å². The predicted octanol–water partition coefficient (Wildman–Crippen LogP) is 4.19. The van der Waals surface area contributed by atoms with E-state index >= 15 is 0 Å². The van der Waals surface area contributed by atoms with Gasteiger partial charge in [0.2, 0.25) is 0 Å². The van der Waals surface area contributed by atoms with E-state index in [9.17, 15) is 0 Å². The van der Waals surface area contributed by atoms with Gasteiger partial charge in [0.1, 0.15) is 0 Å². The Labute approximate surface area is 110 Å². The van der Waals surface area contributed by atoms with E-state index in [-0.39, 0.29) is 5.54 Å². The third-order valence-corrected chi connectivity index (χ3v) is 3.65. The Hall–Kier alpha value is -0.470. The summed E-state index contributed by atoms with van der Waals surface area (Å²) in [6, 6.07) is 10.6. The third kappa shape index (κ3) is 7.45. The van der Waals surface area contributed by atoms with Gasteiger partial charge in [0.15, 0.2) is 0 Å². The van der Waals surface area contributed by atoms with E-state index in [4.69, 9.17) is 0 Å². The highest BCUT2D eigenvalue weighted by Gasteiger charge is 2.10. The topological polar surface area (TPSA) is 12.0 Å². The van der Waals surface area contributed by atoms with Crippen molar-refractivity contribution in [1.29, 1.82) is 0 Å². The monoisotopic (exact) mass is 251 g/mol. The van der Waals surface area contributed by atoms with E-state index in [0.717, 1.165) is 12.5 Å². The first kappa shape index (κ1) is 14.6. The second-order valence-electron chi connectivity index (χ2n) is 5.69. The Morgan fingerprint density at radius 1 is 1.18 bits per heavy atom. The molecule has 0 aliphatic rings. The fourth-order valence-corrected chi connectivity index (χ4v) is 2.58. The van der Waals surface area contributed by atoms with Crippen molar-refractivity contribution in [2.75, 3.05) is 12.3 Å². The zero-order valence-electron chi connectivity index (χ0n) is 11.5. The van der Waals surface area contributed by atoms with Crippen molar-refractivity contribution >= 4 is 11.8 Å². The number of hydrogen-bond donors (Lipinski definition) is 1. The van der Waals surface area contributed by atoms with E-state index < -0.39 is 0 Å². The maximum absolute atomic E-state index is 3.56. The van der Waals surface area contributed by atoms with Crippen molar-refractivity contribution in [3.05, 3.63) is 30.3 Å². The molecule has 1 atom stereocenters. The van der Waals surface area contributed by atoms with Crippen LogP contribution in [0.5, 0.6) is 0 Å². The summed E-state index contributed by atoms with van der Waals surface area (Å²) in [5, 5.41) is 3.56. The quantitative estimate of drug-likeness (QED) is 0.761. The molecule has 17 heavy (non-hydrogen) atoms. The molecule has 0 radical (unpaired) electrons. The molecule has 0 fully saturated rings. The molecule has 0 amide bonds. The van der Waals surface area contributed by atoms with Gasteiger partial charge in [0.25, 0.3) is 0 Å². The van der Waals surface area contributed by atoms with Crippen LogP contribution in [-0.4, -0.2) is 17.8 Å². The summed E-state index contributed by atoms with van der Waals surface area (Å²) < 4.78 is 0. The van der Waals surface area contributed by atoms with Crippen LogP contribution in [-0.2, 0) is 0 Å². The third-order valence-electron chi connectivity index (χ3n) is 2.60. The second-order valence-corrected chi connectivity index (χ2v) is 6.85. The van der Waals surface area contributed by atoms with Crippen molar-refractivity contribution in [3.8, 4) is 0 Å². The molecule has 0 saturated heterocycles. The maximum Gasteiger partial charge on any atom is 0.00966 e.